The number of guanidine groups is 1. The number of rotatable bonds is 11. The maximum Gasteiger partial charge on any atom is 0.307 e. The molecule has 2 aliphatic carbocycles. The average molecular weight is 546 g/mol. The van der Waals surface area contributed by atoms with Gasteiger partial charge in [0.05, 0.1) is 19.6 Å². The molecule has 3 aliphatic rings. The van der Waals surface area contributed by atoms with Gasteiger partial charge >= 0.3 is 5.97 Å². The summed E-state index contributed by atoms with van der Waals surface area (Å²) in [5.41, 5.74) is 0. The third kappa shape index (κ3) is 11.0. The van der Waals surface area contributed by atoms with E-state index in [0.717, 1.165) is 70.9 Å². The fourth-order valence-corrected chi connectivity index (χ4v) is 6.07. The molecule has 0 spiro atoms. The Morgan fingerprint density at radius 3 is 2.62 bits per heavy atom. The molecule has 1 aliphatic heterocycles. The van der Waals surface area contributed by atoms with Crippen LogP contribution in [-0.2, 0) is 19.1 Å². The Morgan fingerprint density at radius 2 is 1.90 bits per heavy atom. The first kappa shape index (κ1) is 30.7. The Kier molecular flexibility index (Phi) is 13.3. The summed E-state index contributed by atoms with van der Waals surface area (Å²) in [6, 6.07) is -0.251. The fourth-order valence-electron chi connectivity index (χ4n) is 6.07. The number of aliphatic imine (C=N–C) groups is 1. The molecule has 4 atom stereocenters. The third-order valence-corrected chi connectivity index (χ3v) is 8.15. The number of nitrogens with one attached hydrogen (secondary N) is 5. The van der Waals surface area contributed by atoms with Crippen LogP contribution in [0, 0.1) is 29.2 Å². The lowest BCUT2D eigenvalue weighted by atomic mass is 9.82. The van der Waals surface area contributed by atoms with Crippen molar-refractivity contribution in [3.05, 3.63) is 0 Å². The Balaban J connectivity index is 1.46. The summed E-state index contributed by atoms with van der Waals surface area (Å²) in [6.45, 7) is 4.60. The van der Waals surface area contributed by atoms with Crippen LogP contribution in [0.3, 0.4) is 0 Å². The number of carbonyl (C=O) groups is 3. The minimum absolute atomic E-state index is 0.0210. The first-order valence-electron chi connectivity index (χ1n) is 14.9. The van der Waals surface area contributed by atoms with Crippen molar-refractivity contribution in [3.8, 4) is 6.19 Å². The summed E-state index contributed by atoms with van der Waals surface area (Å²) < 4.78 is 5.12. The van der Waals surface area contributed by atoms with Gasteiger partial charge < -0.3 is 26.0 Å². The smallest absolute Gasteiger partial charge is 0.307 e. The molecule has 0 aromatic rings. The maximum absolute atomic E-state index is 12.9. The monoisotopic (exact) mass is 545 g/mol. The molecule has 0 aromatic heterocycles. The highest BCUT2D eigenvalue weighted by molar-refractivity contribution is 5.86. The number of amides is 2. The van der Waals surface area contributed by atoms with Crippen LogP contribution in [0.5, 0.6) is 0 Å². The zero-order valence-corrected chi connectivity index (χ0v) is 23.4. The van der Waals surface area contributed by atoms with Gasteiger partial charge in [-0.15, -0.1) is 0 Å². The fraction of sp³-hybridized carbons (Fsp3) is 0.821. The van der Waals surface area contributed by atoms with Gasteiger partial charge in [-0.2, -0.15) is 5.26 Å². The molecule has 5 N–H and O–H groups in total. The third-order valence-electron chi connectivity index (χ3n) is 8.15. The van der Waals surface area contributed by atoms with Crippen LogP contribution in [0.25, 0.3) is 0 Å². The van der Waals surface area contributed by atoms with Crippen molar-refractivity contribution in [2.24, 2.45) is 22.7 Å². The van der Waals surface area contributed by atoms with E-state index in [0.29, 0.717) is 31.4 Å². The second-order valence-electron chi connectivity index (χ2n) is 11.1. The molecule has 1 heterocycles. The van der Waals surface area contributed by atoms with Crippen molar-refractivity contribution in [1.82, 2.24) is 26.6 Å². The van der Waals surface area contributed by atoms with Crippen LogP contribution >= 0.6 is 0 Å². The van der Waals surface area contributed by atoms with Gasteiger partial charge in [0.1, 0.15) is 0 Å². The Bertz CT molecular complexity index is 862. The Hall–Kier alpha value is -2.87. The Labute approximate surface area is 232 Å². The van der Waals surface area contributed by atoms with Crippen molar-refractivity contribution < 1.29 is 19.1 Å². The molecule has 11 nitrogen and oxygen atoms in total. The molecule has 218 valence electrons. The molecule has 0 radical (unpaired) electrons. The summed E-state index contributed by atoms with van der Waals surface area (Å²) in [5, 5.41) is 24.3. The van der Waals surface area contributed by atoms with E-state index in [-0.39, 0.29) is 54.7 Å². The molecule has 3 fully saturated rings. The van der Waals surface area contributed by atoms with Gasteiger partial charge in [-0.3, -0.25) is 24.7 Å². The average Bonchev–Trinajstić information content (AvgIpc) is 2.96. The van der Waals surface area contributed by atoms with Crippen molar-refractivity contribution in [3.63, 3.8) is 0 Å². The van der Waals surface area contributed by atoms with Gasteiger partial charge in [0.25, 0.3) is 0 Å². The number of ether oxygens (including phenoxy) is 1. The summed E-state index contributed by atoms with van der Waals surface area (Å²) >= 11 is 0. The molecule has 4 unspecified atom stereocenters. The van der Waals surface area contributed by atoms with Crippen molar-refractivity contribution in [2.75, 3.05) is 32.8 Å². The second kappa shape index (κ2) is 17.0. The zero-order chi connectivity index (χ0) is 27.9. The van der Waals surface area contributed by atoms with Gasteiger partial charge in [-0.05, 0) is 76.8 Å². The molecule has 2 saturated carbocycles. The van der Waals surface area contributed by atoms with Crippen LogP contribution < -0.4 is 26.6 Å². The van der Waals surface area contributed by atoms with E-state index in [1.54, 1.807) is 6.92 Å². The number of nitrogens with zero attached hydrogens (tertiary/aromatic N) is 2. The predicted molar refractivity (Wildman–Crippen MR) is 148 cm³/mol. The summed E-state index contributed by atoms with van der Waals surface area (Å²) in [6.07, 6.45) is 12.8. The first-order valence-corrected chi connectivity index (χ1v) is 14.9. The van der Waals surface area contributed by atoms with E-state index < -0.39 is 0 Å². The van der Waals surface area contributed by atoms with Gasteiger partial charge in [-0.25, -0.2) is 0 Å². The standard InChI is InChI=1S/C28H47N7O4/c1-2-39-26(37)15-24(21-9-4-3-5-10-21)35-25(36)18-31-27(38)22-11-6-12-23(14-22)34-28(33-19-29)32-17-20-8-7-13-30-16-20/h20-24,30H,2-18H2,1H3,(H,31,38)(H,35,36)(H2,32,33,34). The molecule has 2 amide bonds. The maximum atomic E-state index is 12.9. The number of piperidine rings is 1. The van der Waals surface area contributed by atoms with Crippen LogP contribution in [0.2, 0.25) is 0 Å². The molecule has 0 bridgehead atoms. The summed E-state index contributed by atoms with van der Waals surface area (Å²) in [7, 11) is 0. The number of esters is 1. The lowest BCUT2D eigenvalue weighted by molar-refractivity contribution is -0.144. The van der Waals surface area contributed by atoms with Crippen LogP contribution in [-0.4, -0.2) is 68.6 Å². The predicted octanol–water partition coefficient (Wildman–Crippen LogP) is 1.70. The minimum Gasteiger partial charge on any atom is -0.466 e. The number of nitriles is 1. The molecule has 3 rings (SSSR count). The number of carbonyl (C=O) groups excluding carboxylic acids is 3. The van der Waals surface area contributed by atoms with Gasteiger partial charge in [0.2, 0.25) is 17.8 Å². The molecule has 0 aromatic carbocycles. The second-order valence-corrected chi connectivity index (χ2v) is 11.1. The summed E-state index contributed by atoms with van der Waals surface area (Å²) in [4.78, 5) is 42.4. The Morgan fingerprint density at radius 1 is 1.08 bits per heavy atom. The minimum atomic E-state index is -0.303. The SMILES string of the molecule is CCOC(=O)CC(NC(=O)CNC(=O)C1CCCC(NC(=NCC2CCCNC2)NC#N)C1)C1CCCCC1. The molecular formula is C28H47N7O4. The van der Waals surface area contributed by atoms with Crippen LogP contribution in [0.15, 0.2) is 4.99 Å². The molecular weight excluding hydrogens is 498 g/mol. The lowest BCUT2D eigenvalue weighted by Gasteiger charge is -2.31. The van der Waals surface area contributed by atoms with Crippen LogP contribution in [0.4, 0.5) is 0 Å². The topological polar surface area (TPSA) is 157 Å². The van der Waals surface area contributed by atoms with E-state index in [4.69, 9.17) is 10.00 Å². The lowest BCUT2D eigenvalue weighted by Crippen LogP contribution is -2.49. The van der Waals surface area contributed by atoms with Crippen molar-refractivity contribution >= 4 is 23.7 Å². The molecule has 11 heteroatoms. The van der Waals surface area contributed by atoms with E-state index in [1.165, 1.54) is 6.42 Å². The van der Waals surface area contributed by atoms with E-state index >= 15 is 0 Å². The van der Waals surface area contributed by atoms with Gasteiger partial charge in [0.15, 0.2) is 6.19 Å². The highest BCUT2D eigenvalue weighted by atomic mass is 16.5. The molecule has 39 heavy (non-hydrogen) atoms. The van der Waals surface area contributed by atoms with E-state index in [9.17, 15) is 14.4 Å². The van der Waals surface area contributed by atoms with Gasteiger partial charge in [-0.1, -0.05) is 25.7 Å². The first-order chi connectivity index (χ1) is 19.0. The number of hydrogen-bond acceptors (Lipinski definition) is 7. The highest BCUT2D eigenvalue weighted by Gasteiger charge is 2.30. The zero-order valence-electron chi connectivity index (χ0n) is 23.4. The van der Waals surface area contributed by atoms with Crippen molar-refractivity contribution in [2.45, 2.75) is 96.1 Å². The number of hydrogen-bond donors (Lipinski definition) is 5. The largest absolute Gasteiger partial charge is 0.466 e. The highest BCUT2D eigenvalue weighted by Crippen LogP contribution is 2.28. The van der Waals surface area contributed by atoms with Crippen molar-refractivity contribution in [1.29, 1.82) is 5.26 Å². The quantitative estimate of drug-likeness (QED) is 0.0863. The van der Waals surface area contributed by atoms with E-state index in [1.807, 2.05) is 6.19 Å². The van der Waals surface area contributed by atoms with Gasteiger partial charge in [0, 0.05) is 24.5 Å². The van der Waals surface area contributed by atoms with E-state index in [2.05, 4.69) is 31.6 Å². The normalized spacial score (nSPS) is 25.0. The summed E-state index contributed by atoms with van der Waals surface area (Å²) in [5.74, 6) is 0.229. The van der Waals surface area contributed by atoms with Crippen LogP contribution in [0.1, 0.15) is 84.0 Å². The molecule has 1 saturated heterocycles.